The predicted octanol–water partition coefficient (Wildman–Crippen LogP) is 1.77. The highest BCUT2D eigenvalue weighted by atomic mass is 16.5. The maximum atomic E-state index is 5.94. The summed E-state index contributed by atoms with van der Waals surface area (Å²) in [5.74, 6) is 1.54. The molecule has 0 aromatic carbocycles. The van der Waals surface area contributed by atoms with Gasteiger partial charge in [-0.2, -0.15) is 0 Å². The van der Waals surface area contributed by atoms with E-state index in [1.165, 1.54) is 12.8 Å². The maximum absolute atomic E-state index is 5.94. The van der Waals surface area contributed by atoms with Crippen LogP contribution in [0, 0.1) is 5.92 Å². The highest BCUT2D eigenvalue weighted by Crippen LogP contribution is 2.41. The van der Waals surface area contributed by atoms with Gasteiger partial charge in [0.15, 0.2) is 0 Å². The Hall–Kier alpha value is -0.540. The largest absolute Gasteiger partial charge is 0.492 e. The van der Waals surface area contributed by atoms with Crippen molar-refractivity contribution < 1.29 is 4.74 Å². The van der Waals surface area contributed by atoms with Gasteiger partial charge >= 0.3 is 0 Å². The molecule has 1 atom stereocenters. The zero-order valence-corrected chi connectivity index (χ0v) is 9.96. The van der Waals surface area contributed by atoms with Crippen LogP contribution >= 0.6 is 0 Å². The van der Waals surface area contributed by atoms with Crippen LogP contribution in [0.5, 0.6) is 0 Å². The van der Waals surface area contributed by atoms with Crippen LogP contribution in [0.3, 0.4) is 0 Å². The summed E-state index contributed by atoms with van der Waals surface area (Å²) in [6.45, 7) is 5.58. The Morgan fingerprint density at radius 2 is 2.13 bits per heavy atom. The minimum absolute atomic E-state index is 0.115. The standard InChI is InChI=1S/C12H24N2O/c1-3-11(15-12(2)5-6-12)8-10(9-14)4-7-13/h3,10H,4-9,13-14H2,1-2H3/b11-3+. The van der Waals surface area contributed by atoms with E-state index in [1.54, 1.807) is 0 Å². The van der Waals surface area contributed by atoms with Gasteiger partial charge in [0.25, 0.3) is 0 Å². The molecule has 0 radical (unpaired) electrons. The molecule has 0 saturated heterocycles. The van der Waals surface area contributed by atoms with Crippen molar-refractivity contribution in [2.75, 3.05) is 13.1 Å². The van der Waals surface area contributed by atoms with Crippen LogP contribution in [0.25, 0.3) is 0 Å². The van der Waals surface area contributed by atoms with Gasteiger partial charge in [0, 0.05) is 6.42 Å². The average Bonchev–Trinajstić information content (AvgIpc) is 2.94. The molecule has 1 aliphatic carbocycles. The number of hydrogen-bond donors (Lipinski definition) is 2. The van der Waals surface area contributed by atoms with E-state index >= 15 is 0 Å². The first-order chi connectivity index (χ1) is 7.13. The quantitative estimate of drug-likeness (QED) is 0.632. The first kappa shape index (κ1) is 12.5. The topological polar surface area (TPSA) is 61.3 Å². The van der Waals surface area contributed by atoms with Crippen molar-refractivity contribution in [3.05, 3.63) is 11.8 Å². The minimum Gasteiger partial charge on any atom is -0.492 e. The number of hydrogen-bond acceptors (Lipinski definition) is 3. The Labute approximate surface area is 92.9 Å². The van der Waals surface area contributed by atoms with Crippen molar-refractivity contribution in [2.24, 2.45) is 17.4 Å². The average molecular weight is 212 g/mol. The summed E-state index contributed by atoms with van der Waals surface area (Å²) in [6, 6.07) is 0. The molecule has 0 aromatic rings. The third kappa shape index (κ3) is 4.22. The van der Waals surface area contributed by atoms with E-state index < -0.39 is 0 Å². The SMILES string of the molecule is C/C=C(\CC(CN)CCN)OC1(C)CC1. The zero-order chi connectivity index (χ0) is 11.3. The Balaban J connectivity index is 2.38. The molecular weight excluding hydrogens is 188 g/mol. The van der Waals surface area contributed by atoms with E-state index in [-0.39, 0.29) is 5.60 Å². The summed E-state index contributed by atoms with van der Waals surface area (Å²) in [5, 5.41) is 0. The lowest BCUT2D eigenvalue weighted by atomic mass is 10.0. The molecule has 15 heavy (non-hydrogen) atoms. The van der Waals surface area contributed by atoms with E-state index in [0.717, 1.165) is 18.6 Å². The molecule has 0 amide bonds. The zero-order valence-electron chi connectivity index (χ0n) is 9.96. The fourth-order valence-corrected chi connectivity index (χ4v) is 1.64. The summed E-state index contributed by atoms with van der Waals surface area (Å²) < 4.78 is 5.94. The molecule has 0 heterocycles. The Bertz CT molecular complexity index is 222. The van der Waals surface area contributed by atoms with Crippen molar-refractivity contribution in [1.82, 2.24) is 0 Å². The smallest absolute Gasteiger partial charge is 0.106 e. The molecule has 3 heteroatoms. The van der Waals surface area contributed by atoms with E-state index in [2.05, 4.69) is 13.0 Å². The molecule has 1 fully saturated rings. The summed E-state index contributed by atoms with van der Waals surface area (Å²) in [4.78, 5) is 0. The first-order valence-electron chi connectivity index (χ1n) is 5.88. The van der Waals surface area contributed by atoms with Crippen molar-refractivity contribution in [2.45, 2.75) is 45.1 Å². The summed E-state index contributed by atoms with van der Waals surface area (Å²) in [7, 11) is 0. The van der Waals surface area contributed by atoms with Gasteiger partial charge < -0.3 is 16.2 Å². The number of rotatable bonds is 7. The third-order valence-electron chi connectivity index (χ3n) is 3.05. The lowest BCUT2D eigenvalue weighted by molar-refractivity contribution is 0.0969. The fraction of sp³-hybridized carbons (Fsp3) is 0.833. The lowest BCUT2D eigenvalue weighted by Gasteiger charge is -2.20. The van der Waals surface area contributed by atoms with Gasteiger partial charge in [-0.05, 0) is 58.2 Å². The number of nitrogens with two attached hydrogens (primary N) is 2. The van der Waals surface area contributed by atoms with Crippen LogP contribution in [0.1, 0.15) is 39.5 Å². The van der Waals surface area contributed by atoms with Gasteiger partial charge in [-0.1, -0.05) is 0 Å². The Morgan fingerprint density at radius 3 is 2.53 bits per heavy atom. The second kappa shape index (κ2) is 5.52. The van der Waals surface area contributed by atoms with Crippen LogP contribution in [0.2, 0.25) is 0 Å². The molecule has 0 bridgehead atoms. The molecule has 1 rings (SSSR count). The van der Waals surface area contributed by atoms with Gasteiger partial charge in [-0.3, -0.25) is 0 Å². The molecule has 3 nitrogen and oxygen atoms in total. The minimum atomic E-state index is 0.115. The molecule has 1 saturated carbocycles. The van der Waals surface area contributed by atoms with Crippen molar-refractivity contribution in [3.8, 4) is 0 Å². The lowest BCUT2D eigenvalue weighted by Crippen LogP contribution is -2.20. The molecule has 0 aliphatic heterocycles. The van der Waals surface area contributed by atoms with Gasteiger partial charge in [0.2, 0.25) is 0 Å². The second-order valence-electron chi connectivity index (χ2n) is 4.69. The Morgan fingerprint density at radius 1 is 1.47 bits per heavy atom. The second-order valence-corrected chi connectivity index (χ2v) is 4.69. The molecule has 88 valence electrons. The van der Waals surface area contributed by atoms with Gasteiger partial charge in [0.1, 0.15) is 5.60 Å². The molecule has 0 aromatic heterocycles. The monoisotopic (exact) mass is 212 g/mol. The fourth-order valence-electron chi connectivity index (χ4n) is 1.64. The van der Waals surface area contributed by atoms with Crippen molar-refractivity contribution in [3.63, 3.8) is 0 Å². The van der Waals surface area contributed by atoms with E-state index in [4.69, 9.17) is 16.2 Å². The van der Waals surface area contributed by atoms with E-state index in [9.17, 15) is 0 Å². The molecule has 1 aliphatic rings. The van der Waals surface area contributed by atoms with E-state index in [0.29, 0.717) is 19.0 Å². The molecule has 1 unspecified atom stereocenters. The van der Waals surface area contributed by atoms with Crippen LogP contribution in [0.15, 0.2) is 11.8 Å². The van der Waals surface area contributed by atoms with Crippen LogP contribution in [0.4, 0.5) is 0 Å². The van der Waals surface area contributed by atoms with Gasteiger partial charge in [-0.25, -0.2) is 0 Å². The highest BCUT2D eigenvalue weighted by molar-refractivity contribution is 5.01. The van der Waals surface area contributed by atoms with Gasteiger partial charge in [0.05, 0.1) is 5.76 Å². The molecular formula is C12H24N2O. The maximum Gasteiger partial charge on any atom is 0.106 e. The van der Waals surface area contributed by atoms with Gasteiger partial charge in [-0.15, -0.1) is 0 Å². The summed E-state index contributed by atoms with van der Waals surface area (Å²) in [5.41, 5.74) is 11.4. The van der Waals surface area contributed by atoms with Crippen molar-refractivity contribution in [1.29, 1.82) is 0 Å². The van der Waals surface area contributed by atoms with Crippen LogP contribution < -0.4 is 11.5 Å². The Kier molecular flexibility index (Phi) is 4.61. The summed E-state index contributed by atoms with van der Waals surface area (Å²) >= 11 is 0. The van der Waals surface area contributed by atoms with Crippen molar-refractivity contribution >= 4 is 0 Å². The molecule has 0 spiro atoms. The normalized spacial score (nSPS) is 21.2. The summed E-state index contributed by atoms with van der Waals surface area (Å²) in [6.07, 6.45) is 6.32. The number of ether oxygens (including phenoxy) is 1. The van der Waals surface area contributed by atoms with Crippen LogP contribution in [-0.2, 0) is 4.74 Å². The highest BCUT2D eigenvalue weighted by Gasteiger charge is 2.40. The first-order valence-corrected chi connectivity index (χ1v) is 5.88. The third-order valence-corrected chi connectivity index (χ3v) is 3.05. The predicted molar refractivity (Wildman–Crippen MR) is 63.3 cm³/mol. The van der Waals surface area contributed by atoms with Crippen LogP contribution in [-0.4, -0.2) is 18.7 Å². The van der Waals surface area contributed by atoms with E-state index in [1.807, 2.05) is 6.92 Å². The number of allylic oxidation sites excluding steroid dienone is 2. The molecule has 4 N–H and O–H groups in total.